The van der Waals surface area contributed by atoms with Gasteiger partial charge in [0.05, 0.1) is 18.7 Å². The fourth-order valence-corrected chi connectivity index (χ4v) is 2.23. The topological polar surface area (TPSA) is 48.9 Å². The number of alkyl halides is 3. The smallest absolute Gasteiger partial charge is 0.383 e. The molecule has 0 saturated heterocycles. The Morgan fingerprint density at radius 3 is 2.37 bits per heavy atom. The Kier molecular flexibility index (Phi) is 13.4. The van der Waals surface area contributed by atoms with Crippen LogP contribution in [-0.4, -0.2) is 57.8 Å². The van der Waals surface area contributed by atoms with Crippen LogP contribution in [0.3, 0.4) is 0 Å². The van der Waals surface area contributed by atoms with Gasteiger partial charge in [-0.1, -0.05) is 12.1 Å². The summed E-state index contributed by atoms with van der Waals surface area (Å²) in [6.45, 7) is 6.30. The molecule has 0 aliphatic heterocycles. The Morgan fingerprint density at radius 1 is 1.15 bits per heavy atom. The maximum Gasteiger partial charge on any atom is 0.416 e. The average Bonchev–Trinajstić information content (AvgIpc) is 2.61. The minimum atomic E-state index is -4.31. The van der Waals surface area contributed by atoms with E-state index in [0.29, 0.717) is 25.7 Å². The number of hydrogen-bond acceptors (Lipinski definition) is 3. The molecular weight excluding hydrogens is 472 g/mol. The summed E-state index contributed by atoms with van der Waals surface area (Å²) in [4.78, 5) is 6.61. The van der Waals surface area contributed by atoms with Crippen molar-refractivity contribution in [1.82, 2.24) is 15.5 Å². The van der Waals surface area contributed by atoms with Crippen LogP contribution in [0.4, 0.5) is 13.2 Å². The number of nitrogens with one attached hydrogen (secondary N) is 2. The molecule has 0 aliphatic rings. The van der Waals surface area contributed by atoms with E-state index in [2.05, 4.69) is 20.5 Å². The highest BCUT2D eigenvalue weighted by Gasteiger charge is 2.29. The third kappa shape index (κ3) is 11.4. The van der Waals surface area contributed by atoms with Gasteiger partial charge < -0.3 is 20.3 Å². The maximum absolute atomic E-state index is 12.6. The number of aliphatic imine (C=N–C) groups is 1. The lowest BCUT2D eigenvalue weighted by molar-refractivity contribution is -0.137. The Hall–Kier alpha value is -1.07. The zero-order valence-corrected chi connectivity index (χ0v) is 18.4. The monoisotopic (exact) mass is 502 g/mol. The maximum atomic E-state index is 12.6. The van der Waals surface area contributed by atoms with E-state index >= 15 is 0 Å². The van der Waals surface area contributed by atoms with Gasteiger partial charge in [-0.15, -0.1) is 24.0 Å². The van der Waals surface area contributed by atoms with Gasteiger partial charge in [-0.2, -0.15) is 13.2 Å². The van der Waals surface area contributed by atoms with Gasteiger partial charge in [0.25, 0.3) is 0 Å². The molecule has 1 aromatic rings. The molecule has 2 N–H and O–H groups in total. The van der Waals surface area contributed by atoms with Crippen molar-refractivity contribution in [2.75, 3.05) is 46.9 Å². The molecule has 1 rings (SSSR count). The molecule has 1 aromatic carbocycles. The van der Waals surface area contributed by atoms with Gasteiger partial charge in [-0.05, 0) is 44.6 Å². The van der Waals surface area contributed by atoms with Crippen LogP contribution in [0.2, 0.25) is 0 Å². The molecule has 0 fully saturated rings. The van der Waals surface area contributed by atoms with Gasteiger partial charge >= 0.3 is 6.18 Å². The van der Waals surface area contributed by atoms with Crippen molar-refractivity contribution in [2.24, 2.45) is 4.99 Å². The van der Waals surface area contributed by atoms with Crippen LogP contribution < -0.4 is 10.6 Å². The zero-order valence-electron chi connectivity index (χ0n) is 16.1. The largest absolute Gasteiger partial charge is 0.416 e. The van der Waals surface area contributed by atoms with Crippen LogP contribution in [0, 0.1) is 0 Å². The first-order chi connectivity index (χ1) is 12.4. The van der Waals surface area contributed by atoms with E-state index in [1.807, 2.05) is 14.0 Å². The van der Waals surface area contributed by atoms with E-state index in [-0.39, 0.29) is 24.0 Å². The summed E-state index contributed by atoms with van der Waals surface area (Å²) in [6.07, 6.45) is -3.36. The molecule has 0 aromatic heterocycles. The van der Waals surface area contributed by atoms with Crippen molar-refractivity contribution in [3.8, 4) is 0 Å². The fraction of sp³-hybridized carbons (Fsp3) is 0.611. The number of ether oxygens (including phenoxy) is 1. The highest BCUT2D eigenvalue weighted by molar-refractivity contribution is 14.0. The molecule has 0 saturated carbocycles. The summed E-state index contributed by atoms with van der Waals surface area (Å²) >= 11 is 0. The highest BCUT2D eigenvalue weighted by atomic mass is 127. The molecule has 0 aliphatic carbocycles. The molecule has 0 amide bonds. The number of guanidine groups is 1. The van der Waals surface area contributed by atoms with E-state index in [9.17, 15) is 13.2 Å². The highest BCUT2D eigenvalue weighted by Crippen LogP contribution is 2.29. The molecule has 0 atom stereocenters. The van der Waals surface area contributed by atoms with Crippen LogP contribution in [-0.2, 0) is 17.5 Å². The molecule has 156 valence electrons. The van der Waals surface area contributed by atoms with Crippen LogP contribution in [0.1, 0.15) is 24.5 Å². The van der Waals surface area contributed by atoms with E-state index in [4.69, 9.17) is 4.74 Å². The lowest BCUT2D eigenvalue weighted by Gasteiger charge is -2.17. The fourth-order valence-electron chi connectivity index (χ4n) is 2.23. The number of methoxy groups -OCH3 is 1. The SMILES string of the molecule is CCNC(=NCc1ccc(C(F)(F)F)cc1)NCCCN(C)CCOC.I. The van der Waals surface area contributed by atoms with Gasteiger partial charge in [0.2, 0.25) is 0 Å². The molecule has 27 heavy (non-hydrogen) atoms. The predicted octanol–water partition coefficient (Wildman–Crippen LogP) is 3.35. The Balaban J connectivity index is 0.00000676. The summed E-state index contributed by atoms with van der Waals surface area (Å²) in [5, 5.41) is 6.38. The van der Waals surface area contributed by atoms with Crippen LogP contribution in [0.15, 0.2) is 29.3 Å². The molecule has 0 unspecified atom stereocenters. The first-order valence-electron chi connectivity index (χ1n) is 8.72. The van der Waals surface area contributed by atoms with Crippen molar-refractivity contribution in [3.05, 3.63) is 35.4 Å². The predicted molar refractivity (Wildman–Crippen MR) is 114 cm³/mol. The van der Waals surface area contributed by atoms with Gasteiger partial charge in [0.15, 0.2) is 5.96 Å². The Bertz CT molecular complexity index is 538. The van der Waals surface area contributed by atoms with Gasteiger partial charge in [0, 0.05) is 26.7 Å². The normalized spacial score (nSPS) is 12.0. The van der Waals surface area contributed by atoms with Gasteiger partial charge in [-0.3, -0.25) is 0 Å². The molecule has 0 bridgehead atoms. The van der Waals surface area contributed by atoms with Crippen molar-refractivity contribution in [3.63, 3.8) is 0 Å². The summed E-state index contributed by atoms with van der Waals surface area (Å²) in [7, 11) is 3.73. The number of rotatable bonds is 10. The average molecular weight is 502 g/mol. The van der Waals surface area contributed by atoms with Crippen molar-refractivity contribution in [1.29, 1.82) is 0 Å². The second kappa shape index (κ2) is 14.0. The lowest BCUT2D eigenvalue weighted by atomic mass is 10.1. The second-order valence-electron chi connectivity index (χ2n) is 5.97. The van der Waals surface area contributed by atoms with E-state index in [0.717, 1.165) is 43.8 Å². The van der Waals surface area contributed by atoms with Crippen molar-refractivity contribution < 1.29 is 17.9 Å². The minimum Gasteiger partial charge on any atom is -0.383 e. The van der Waals surface area contributed by atoms with Crippen molar-refractivity contribution in [2.45, 2.75) is 26.1 Å². The Morgan fingerprint density at radius 2 is 1.81 bits per heavy atom. The van der Waals surface area contributed by atoms with E-state index in [1.54, 1.807) is 7.11 Å². The molecule has 0 heterocycles. The van der Waals surface area contributed by atoms with Gasteiger partial charge in [-0.25, -0.2) is 4.99 Å². The summed E-state index contributed by atoms with van der Waals surface area (Å²) in [6, 6.07) is 5.09. The zero-order chi connectivity index (χ0) is 19.4. The molecular formula is C18H30F3IN4O. The Labute approximate surface area is 176 Å². The number of benzene rings is 1. The summed E-state index contributed by atoms with van der Waals surface area (Å²) in [5.41, 5.74) is 0.0855. The third-order valence-electron chi connectivity index (χ3n) is 3.73. The number of halogens is 4. The van der Waals surface area contributed by atoms with E-state index in [1.165, 1.54) is 12.1 Å². The number of hydrogen-bond donors (Lipinski definition) is 2. The van der Waals surface area contributed by atoms with Crippen molar-refractivity contribution >= 4 is 29.9 Å². The molecule has 0 radical (unpaired) electrons. The standard InChI is InChI=1S/C18H29F3N4O.HI/c1-4-22-17(23-10-5-11-25(2)12-13-26-3)24-14-15-6-8-16(9-7-15)18(19,20)21;/h6-9H,4-5,10-14H2,1-3H3,(H2,22,23,24);1H. The first-order valence-corrected chi connectivity index (χ1v) is 8.72. The van der Waals surface area contributed by atoms with Gasteiger partial charge in [0.1, 0.15) is 0 Å². The summed E-state index contributed by atoms with van der Waals surface area (Å²) < 4.78 is 42.8. The third-order valence-corrected chi connectivity index (χ3v) is 3.73. The van der Waals surface area contributed by atoms with Crippen LogP contribution in [0.5, 0.6) is 0 Å². The van der Waals surface area contributed by atoms with Crippen LogP contribution in [0.25, 0.3) is 0 Å². The molecule has 0 spiro atoms. The summed E-state index contributed by atoms with van der Waals surface area (Å²) in [5.74, 6) is 0.659. The molecule has 5 nitrogen and oxygen atoms in total. The molecule has 9 heteroatoms. The minimum absolute atomic E-state index is 0. The van der Waals surface area contributed by atoms with E-state index < -0.39 is 11.7 Å². The first kappa shape index (κ1) is 25.9. The quantitative estimate of drug-likeness (QED) is 0.223. The number of nitrogens with zero attached hydrogens (tertiary/aromatic N) is 2. The second-order valence-corrected chi connectivity index (χ2v) is 5.97. The lowest BCUT2D eigenvalue weighted by Crippen LogP contribution is -2.38. The van der Waals surface area contributed by atoms with Crippen LogP contribution >= 0.6 is 24.0 Å². The number of likely N-dealkylation sites (N-methyl/N-ethyl adjacent to an activating group) is 1.